The third-order valence-electron chi connectivity index (χ3n) is 2.24. The first-order chi connectivity index (χ1) is 6.63. The van der Waals surface area contributed by atoms with Crippen molar-refractivity contribution < 1.29 is 9.90 Å². The molecule has 0 saturated carbocycles. The molecular formula is C11H15NO2. The Morgan fingerprint density at radius 2 is 2.00 bits per heavy atom. The molecule has 1 atom stereocenters. The molecule has 0 spiro atoms. The quantitative estimate of drug-likeness (QED) is 0.755. The summed E-state index contributed by atoms with van der Waals surface area (Å²) in [7, 11) is 0. The molecule has 14 heavy (non-hydrogen) atoms. The number of carbonyl (C=O) groups is 1. The first kappa shape index (κ1) is 10.7. The van der Waals surface area contributed by atoms with Gasteiger partial charge in [-0.2, -0.15) is 0 Å². The highest BCUT2D eigenvalue weighted by Gasteiger charge is 2.15. The number of nitrogens with two attached hydrogens (primary N) is 1. The second-order valence-electron chi connectivity index (χ2n) is 3.46. The van der Waals surface area contributed by atoms with Gasteiger partial charge in [-0.3, -0.25) is 4.79 Å². The third-order valence-corrected chi connectivity index (χ3v) is 2.24. The second-order valence-corrected chi connectivity index (χ2v) is 3.46. The van der Waals surface area contributed by atoms with Gasteiger partial charge < -0.3 is 10.8 Å². The Balaban J connectivity index is 2.67. The molecule has 1 aromatic rings. The Kier molecular flexibility index (Phi) is 3.65. The first-order valence-electron chi connectivity index (χ1n) is 4.62. The molecule has 0 radical (unpaired) electrons. The molecule has 0 aromatic heterocycles. The van der Waals surface area contributed by atoms with E-state index in [1.165, 1.54) is 5.56 Å². The minimum absolute atomic E-state index is 0.184. The number of carboxylic acid groups (broad SMARTS) is 1. The highest BCUT2D eigenvalue weighted by Crippen LogP contribution is 2.09. The van der Waals surface area contributed by atoms with E-state index in [2.05, 4.69) is 0 Å². The van der Waals surface area contributed by atoms with Crippen LogP contribution in [0.15, 0.2) is 24.3 Å². The normalized spacial score (nSPS) is 12.4. The molecular weight excluding hydrogens is 178 g/mol. The van der Waals surface area contributed by atoms with Crippen molar-refractivity contribution in [2.75, 3.05) is 6.54 Å². The molecule has 0 amide bonds. The monoisotopic (exact) mass is 193 g/mol. The summed E-state index contributed by atoms with van der Waals surface area (Å²) in [6.45, 7) is 2.19. The smallest absolute Gasteiger partial charge is 0.308 e. The zero-order valence-electron chi connectivity index (χ0n) is 8.23. The lowest BCUT2D eigenvalue weighted by Gasteiger charge is -2.09. The maximum Gasteiger partial charge on any atom is 0.308 e. The van der Waals surface area contributed by atoms with Crippen molar-refractivity contribution in [3.63, 3.8) is 0 Å². The average Bonchev–Trinajstić information content (AvgIpc) is 2.16. The lowest BCUT2D eigenvalue weighted by molar-refractivity contribution is -0.141. The van der Waals surface area contributed by atoms with Crippen molar-refractivity contribution in [2.45, 2.75) is 13.3 Å². The zero-order valence-corrected chi connectivity index (χ0v) is 8.23. The van der Waals surface area contributed by atoms with Gasteiger partial charge >= 0.3 is 5.97 Å². The fourth-order valence-corrected chi connectivity index (χ4v) is 1.28. The largest absolute Gasteiger partial charge is 0.481 e. The zero-order chi connectivity index (χ0) is 10.6. The van der Waals surface area contributed by atoms with Crippen molar-refractivity contribution in [3.05, 3.63) is 35.4 Å². The minimum atomic E-state index is -0.826. The molecule has 3 N–H and O–H groups in total. The number of benzene rings is 1. The molecule has 3 heteroatoms. The van der Waals surface area contributed by atoms with Gasteiger partial charge in [-0.25, -0.2) is 0 Å². The Morgan fingerprint density at radius 3 is 2.43 bits per heavy atom. The summed E-state index contributed by atoms with van der Waals surface area (Å²) in [5, 5.41) is 8.81. The van der Waals surface area contributed by atoms with E-state index < -0.39 is 11.9 Å². The summed E-state index contributed by atoms with van der Waals surface area (Å²) in [5.41, 5.74) is 7.57. The topological polar surface area (TPSA) is 63.3 Å². The molecule has 0 aliphatic rings. The van der Waals surface area contributed by atoms with Crippen LogP contribution in [0.2, 0.25) is 0 Å². The highest BCUT2D eigenvalue weighted by atomic mass is 16.4. The van der Waals surface area contributed by atoms with Crippen LogP contribution in [0.1, 0.15) is 11.1 Å². The molecule has 0 unspecified atom stereocenters. The van der Waals surface area contributed by atoms with E-state index in [4.69, 9.17) is 10.8 Å². The molecule has 3 nitrogen and oxygen atoms in total. The van der Waals surface area contributed by atoms with Crippen LogP contribution in [0.4, 0.5) is 0 Å². The lowest BCUT2D eigenvalue weighted by atomic mass is 9.99. The van der Waals surface area contributed by atoms with Gasteiger partial charge in [0.05, 0.1) is 5.92 Å². The summed E-state index contributed by atoms with van der Waals surface area (Å²) in [6.07, 6.45) is 0.506. The molecule has 0 saturated heterocycles. The Hall–Kier alpha value is -1.35. The summed E-state index contributed by atoms with van der Waals surface area (Å²) in [6, 6.07) is 7.84. The van der Waals surface area contributed by atoms with Gasteiger partial charge in [-0.05, 0) is 18.9 Å². The lowest BCUT2D eigenvalue weighted by Crippen LogP contribution is -2.25. The maximum atomic E-state index is 10.7. The number of hydrogen-bond donors (Lipinski definition) is 2. The van der Waals surface area contributed by atoms with Crippen LogP contribution in [-0.2, 0) is 11.2 Å². The molecule has 0 heterocycles. The average molecular weight is 193 g/mol. The number of carboxylic acids is 1. The molecule has 0 fully saturated rings. The van der Waals surface area contributed by atoms with Gasteiger partial charge in [-0.1, -0.05) is 29.8 Å². The van der Waals surface area contributed by atoms with Crippen LogP contribution >= 0.6 is 0 Å². The van der Waals surface area contributed by atoms with Crippen LogP contribution in [0.3, 0.4) is 0 Å². The predicted octanol–water partition coefficient (Wildman–Crippen LogP) is 1.20. The van der Waals surface area contributed by atoms with E-state index in [9.17, 15) is 4.79 Å². The summed E-state index contributed by atoms with van der Waals surface area (Å²) in [5.74, 6) is -1.30. The third kappa shape index (κ3) is 2.85. The molecule has 0 aliphatic heterocycles. The Morgan fingerprint density at radius 1 is 1.43 bits per heavy atom. The minimum Gasteiger partial charge on any atom is -0.481 e. The standard InChI is InChI=1S/C11H15NO2/c1-8-2-4-9(5-3-8)6-10(7-12)11(13)14/h2-5,10H,6-7,12H2,1H3,(H,13,14)/t10-/m0/s1. The fraction of sp³-hybridized carbons (Fsp3) is 0.364. The van der Waals surface area contributed by atoms with Crippen molar-refractivity contribution >= 4 is 5.97 Å². The number of aryl methyl sites for hydroxylation is 1. The van der Waals surface area contributed by atoms with Crippen molar-refractivity contribution in [3.8, 4) is 0 Å². The van der Waals surface area contributed by atoms with E-state index in [1.54, 1.807) is 0 Å². The Bertz CT molecular complexity index is 306. The highest BCUT2D eigenvalue weighted by molar-refractivity contribution is 5.70. The fourth-order valence-electron chi connectivity index (χ4n) is 1.28. The Labute approximate surface area is 83.6 Å². The molecule has 1 rings (SSSR count). The summed E-state index contributed by atoms with van der Waals surface area (Å²) in [4.78, 5) is 10.7. The first-order valence-corrected chi connectivity index (χ1v) is 4.62. The number of hydrogen-bond acceptors (Lipinski definition) is 2. The van der Waals surface area contributed by atoms with Gasteiger partial charge in [-0.15, -0.1) is 0 Å². The van der Waals surface area contributed by atoms with Crippen LogP contribution in [0, 0.1) is 12.8 Å². The van der Waals surface area contributed by atoms with Gasteiger partial charge in [0.15, 0.2) is 0 Å². The maximum absolute atomic E-state index is 10.7. The van der Waals surface area contributed by atoms with Crippen molar-refractivity contribution in [1.29, 1.82) is 0 Å². The molecule has 1 aromatic carbocycles. The SMILES string of the molecule is Cc1ccc(C[C@@H](CN)C(=O)O)cc1. The van der Waals surface area contributed by atoms with Crippen molar-refractivity contribution in [1.82, 2.24) is 0 Å². The van der Waals surface area contributed by atoms with E-state index in [1.807, 2.05) is 31.2 Å². The van der Waals surface area contributed by atoms with E-state index in [-0.39, 0.29) is 6.54 Å². The molecule has 76 valence electrons. The van der Waals surface area contributed by atoms with Crippen LogP contribution in [0.25, 0.3) is 0 Å². The van der Waals surface area contributed by atoms with Gasteiger partial charge in [0.25, 0.3) is 0 Å². The van der Waals surface area contributed by atoms with Crippen LogP contribution in [0.5, 0.6) is 0 Å². The van der Waals surface area contributed by atoms with Gasteiger partial charge in [0.1, 0.15) is 0 Å². The second kappa shape index (κ2) is 4.77. The van der Waals surface area contributed by atoms with E-state index in [0.717, 1.165) is 5.56 Å². The van der Waals surface area contributed by atoms with E-state index >= 15 is 0 Å². The van der Waals surface area contributed by atoms with Crippen molar-refractivity contribution in [2.24, 2.45) is 11.7 Å². The van der Waals surface area contributed by atoms with Gasteiger partial charge in [0, 0.05) is 6.54 Å². The van der Waals surface area contributed by atoms with Crippen LogP contribution < -0.4 is 5.73 Å². The summed E-state index contributed by atoms with van der Waals surface area (Å²) >= 11 is 0. The number of aliphatic carboxylic acids is 1. The summed E-state index contributed by atoms with van der Waals surface area (Å²) < 4.78 is 0. The van der Waals surface area contributed by atoms with Gasteiger partial charge in [0.2, 0.25) is 0 Å². The van der Waals surface area contributed by atoms with E-state index in [0.29, 0.717) is 6.42 Å². The predicted molar refractivity (Wildman–Crippen MR) is 55.1 cm³/mol. The molecule has 0 bridgehead atoms. The van der Waals surface area contributed by atoms with Crippen LogP contribution in [-0.4, -0.2) is 17.6 Å². The number of rotatable bonds is 4. The molecule has 0 aliphatic carbocycles.